The van der Waals surface area contributed by atoms with E-state index in [1.807, 2.05) is 55.5 Å². The van der Waals surface area contributed by atoms with Crippen molar-refractivity contribution in [2.45, 2.75) is 38.9 Å². The van der Waals surface area contributed by atoms with E-state index in [-0.39, 0.29) is 17.2 Å². The lowest BCUT2D eigenvalue weighted by molar-refractivity contribution is -0.113. The summed E-state index contributed by atoms with van der Waals surface area (Å²) in [4.78, 5) is 37.4. The maximum Gasteiger partial charge on any atom is 0.267 e. The summed E-state index contributed by atoms with van der Waals surface area (Å²) in [6.07, 6.45) is 1.66. The van der Waals surface area contributed by atoms with Gasteiger partial charge in [-0.1, -0.05) is 23.9 Å². The normalized spacial score (nSPS) is 11.1. The number of aromatic nitrogens is 3. The number of fused-ring (bicyclic) bond motifs is 1. The van der Waals surface area contributed by atoms with Gasteiger partial charge < -0.3 is 10.2 Å². The maximum atomic E-state index is 13.3. The summed E-state index contributed by atoms with van der Waals surface area (Å²) in [6.45, 7) is 9.29. The van der Waals surface area contributed by atoms with Crippen molar-refractivity contribution in [1.29, 1.82) is 0 Å². The fourth-order valence-corrected chi connectivity index (χ4v) is 4.76. The molecule has 0 aliphatic rings. The second-order valence-corrected chi connectivity index (χ2v) is 9.45. The van der Waals surface area contributed by atoms with Crippen LogP contribution in [-0.2, 0) is 4.79 Å². The molecule has 0 bridgehead atoms. The molecular weight excluding hydrogens is 458 g/mol. The Kier molecular flexibility index (Phi) is 7.51. The predicted molar refractivity (Wildman–Crippen MR) is 144 cm³/mol. The van der Waals surface area contributed by atoms with E-state index in [9.17, 15) is 9.59 Å². The van der Waals surface area contributed by atoms with Crippen LogP contribution < -0.4 is 15.8 Å². The summed E-state index contributed by atoms with van der Waals surface area (Å²) in [6, 6.07) is 19.1. The molecule has 0 radical (unpaired) electrons. The van der Waals surface area contributed by atoms with E-state index in [0.29, 0.717) is 27.9 Å². The third-order valence-corrected chi connectivity index (χ3v) is 6.59. The molecule has 2 aromatic carbocycles. The van der Waals surface area contributed by atoms with Crippen LogP contribution in [0.2, 0.25) is 0 Å². The molecule has 0 unspecified atom stereocenters. The first-order valence-electron chi connectivity index (χ1n) is 11.6. The van der Waals surface area contributed by atoms with Crippen molar-refractivity contribution in [2.75, 3.05) is 22.5 Å². The Hall–Kier alpha value is -3.65. The largest absolute Gasteiger partial charge is 0.369 e. The highest BCUT2D eigenvalue weighted by Gasteiger charge is 2.16. The molecule has 0 aliphatic heterocycles. The summed E-state index contributed by atoms with van der Waals surface area (Å²) in [5, 5.41) is 3.87. The zero-order valence-corrected chi connectivity index (χ0v) is 21.2. The van der Waals surface area contributed by atoms with Crippen molar-refractivity contribution in [3.05, 3.63) is 82.8 Å². The average Bonchev–Trinajstić information content (AvgIpc) is 2.84. The number of rotatable bonds is 8. The lowest BCUT2D eigenvalue weighted by atomic mass is 10.2. The Morgan fingerprint density at radius 2 is 1.86 bits per heavy atom. The second-order valence-electron chi connectivity index (χ2n) is 8.51. The van der Waals surface area contributed by atoms with Crippen molar-refractivity contribution in [3.8, 4) is 5.82 Å². The molecule has 35 heavy (non-hydrogen) atoms. The highest BCUT2D eigenvalue weighted by molar-refractivity contribution is 7.99. The number of anilines is 2. The summed E-state index contributed by atoms with van der Waals surface area (Å²) in [5.74, 6) is 0.410. The zero-order valence-electron chi connectivity index (χ0n) is 20.4. The van der Waals surface area contributed by atoms with Crippen LogP contribution in [0.25, 0.3) is 16.7 Å². The Balaban J connectivity index is 1.55. The van der Waals surface area contributed by atoms with Crippen LogP contribution in [0.1, 0.15) is 26.3 Å². The van der Waals surface area contributed by atoms with Gasteiger partial charge in [-0.2, -0.15) is 0 Å². The number of amides is 1. The third-order valence-electron chi connectivity index (χ3n) is 5.65. The molecule has 180 valence electrons. The van der Waals surface area contributed by atoms with Crippen molar-refractivity contribution >= 4 is 39.9 Å². The molecule has 2 aromatic heterocycles. The van der Waals surface area contributed by atoms with Crippen LogP contribution in [0.3, 0.4) is 0 Å². The van der Waals surface area contributed by atoms with E-state index in [4.69, 9.17) is 0 Å². The van der Waals surface area contributed by atoms with Gasteiger partial charge in [0.2, 0.25) is 5.91 Å². The molecule has 0 saturated heterocycles. The second kappa shape index (κ2) is 10.7. The van der Waals surface area contributed by atoms with E-state index in [0.717, 1.165) is 23.5 Å². The van der Waals surface area contributed by atoms with Gasteiger partial charge in [0.05, 0.1) is 16.7 Å². The summed E-state index contributed by atoms with van der Waals surface area (Å²) >= 11 is 1.21. The van der Waals surface area contributed by atoms with Crippen LogP contribution in [0.5, 0.6) is 0 Å². The van der Waals surface area contributed by atoms with Gasteiger partial charge >= 0.3 is 0 Å². The number of nitrogens with one attached hydrogen (secondary N) is 1. The number of thioether (sulfide) groups is 1. The lowest BCUT2D eigenvalue weighted by Crippen LogP contribution is -2.30. The van der Waals surface area contributed by atoms with Gasteiger partial charge in [0.1, 0.15) is 5.82 Å². The lowest BCUT2D eigenvalue weighted by Gasteiger charge is -2.27. The van der Waals surface area contributed by atoms with Gasteiger partial charge in [-0.05, 0) is 81.8 Å². The monoisotopic (exact) mass is 487 g/mol. The first kappa shape index (κ1) is 24.5. The first-order valence-corrected chi connectivity index (χ1v) is 12.6. The van der Waals surface area contributed by atoms with Crippen molar-refractivity contribution in [3.63, 3.8) is 0 Å². The number of pyridine rings is 1. The highest BCUT2D eigenvalue weighted by atomic mass is 32.2. The van der Waals surface area contributed by atoms with E-state index >= 15 is 0 Å². The van der Waals surface area contributed by atoms with Crippen LogP contribution >= 0.6 is 11.8 Å². The van der Waals surface area contributed by atoms with E-state index < -0.39 is 0 Å². The number of hydrogen-bond acceptors (Lipinski definition) is 6. The van der Waals surface area contributed by atoms with E-state index in [1.165, 1.54) is 16.3 Å². The van der Waals surface area contributed by atoms with Gasteiger partial charge in [-0.15, -0.1) is 0 Å². The SMILES string of the molecule is CCN(c1ccc(NC(=O)CSc2nc3ccccc3c(=O)n2-c2cc(C)ccn2)cc1)C(C)C. The maximum absolute atomic E-state index is 13.3. The Labute approximate surface area is 209 Å². The van der Waals surface area contributed by atoms with Crippen molar-refractivity contribution < 1.29 is 4.79 Å². The van der Waals surface area contributed by atoms with Gasteiger partial charge in [0.25, 0.3) is 5.56 Å². The fraction of sp³-hybridized carbons (Fsp3) is 0.259. The molecule has 1 N–H and O–H groups in total. The quantitative estimate of drug-likeness (QED) is 0.277. The molecule has 1 amide bonds. The Morgan fingerprint density at radius 1 is 1.11 bits per heavy atom. The molecule has 2 heterocycles. The zero-order chi connectivity index (χ0) is 24.9. The minimum Gasteiger partial charge on any atom is -0.369 e. The topological polar surface area (TPSA) is 80.1 Å². The molecular formula is C27H29N5O2S. The first-order chi connectivity index (χ1) is 16.9. The molecule has 0 aliphatic carbocycles. The third kappa shape index (κ3) is 5.54. The van der Waals surface area contributed by atoms with Crippen LogP contribution in [0, 0.1) is 6.92 Å². The van der Waals surface area contributed by atoms with Crippen LogP contribution in [0.4, 0.5) is 11.4 Å². The highest BCUT2D eigenvalue weighted by Crippen LogP contribution is 2.23. The molecule has 0 saturated carbocycles. The standard InChI is InChI=1S/C27H29N5O2S/c1-5-31(18(2)3)21-12-10-20(11-13-21)29-25(33)17-35-27-30-23-9-7-6-8-22(23)26(34)32(27)24-16-19(4)14-15-28-24/h6-16,18H,5,17H2,1-4H3,(H,29,33). The van der Waals surface area contributed by atoms with Crippen LogP contribution in [0.15, 0.2) is 76.8 Å². The van der Waals surface area contributed by atoms with Crippen molar-refractivity contribution in [2.24, 2.45) is 0 Å². The molecule has 4 aromatic rings. The van der Waals surface area contributed by atoms with Gasteiger partial charge in [-0.25, -0.2) is 14.5 Å². The smallest absolute Gasteiger partial charge is 0.267 e. The minimum atomic E-state index is -0.210. The predicted octanol–water partition coefficient (Wildman–Crippen LogP) is 5.05. The van der Waals surface area contributed by atoms with Gasteiger partial charge in [0, 0.05) is 30.2 Å². The van der Waals surface area contributed by atoms with Gasteiger partial charge in [-0.3, -0.25) is 9.59 Å². The summed E-state index contributed by atoms with van der Waals surface area (Å²) in [5.41, 5.74) is 3.20. The molecule has 0 spiro atoms. The Morgan fingerprint density at radius 3 is 2.54 bits per heavy atom. The number of benzene rings is 2. The fourth-order valence-electron chi connectivity index (χ4n) is 3.96. The summed E-state index contributed by atoms with van der Waals surface area (Å²) < 4.78 is 1.48. The van der Waals surface area contributed by atoms with Gasteiger partial charge in [0.15, 0.2) is 5.16 Å². The number of para-hydroxylation sites is 1. The Bertz CT molecular complexity index is 1400. The molecule has 8 heteroatoms. The van der Waals surface area contributed by atoms with Crippen molar-refractivity contribution in [1.82, 2.24) is 14.5 Å². The number of hydrogen-bond donors (Lipinski definition) is 1. The number of nitrogens with zero attached hydrogens (tertiary/aromatic N) is 4. The molecule has 7 nitrogen and oxygen atoms in total. The average molecular weight is 488 g/mol. The molecule has 0 fully saturated rings. The number of carbonyl (C=O) groups excluding carboxylic acids is 1. The summed E-state index contributed by atoms with van der Waals surface area (Å²) in [7, 11) is 0. The molecule has 4 rings (SSSR count). The minimum absolute atomic E-state index is 0.103. The molecule has 0 atom stereocenters. The van der Waals surface area contributed by atoms with Crippen LogP contribution in [-0.4, -0.2) is 38.8 Å². The van der Waals surface area contributed by atoms with E-state index in [2.05, 4.69) is 41.0 Å². The number of carbonyl (C=O) groups is 1. The number of aryl methyl sites for hydroxylation is 1. The van der Waals surface area contributed by atoms with E-state index in [1.54, 1.807) is 18.3 Å².